The average molecular weight is 326 g/mol. The summed E-state index contributed by atoms with van der Waals surface area (Å²) in [5, 5.41) is 17.6. The van der Waals surface area contributed by atoms with E-state index in [-0.39, 0.29) is 16.3 Å². The summed E-state index contributed by atoms with van der Waals surface area (Å²) < 4.78 is 0. The van der Waals surface area contributed by atoms with Crippen molar-refractivity contribution in [3.63, 3.8) is 0 Å². The summed E-state index contributed by atoms with van der Waals surface area (Å²) >= 11 is 5.81. The molecule has 0 aliphatic carbocycles. The van der Waals surface area contributed by atoms with Crippen LogP contribution in [0.25, 0.3) is 0 Å². The molecule has 3 rings (SSSR count). The van der Waals surface area contributed by atoms with Gasteiger partial charge in [-0.2, -0.15) is 0 Å². The number of rotatable bonds is 1. The minimum atomic E-state index is -1.86. The van der Waals surface area contributed by atoms with Crippen molar-refractivity contribution in [2.75, 3.05) is 12.4 Å². The second-order valence-corrected chi connectivity index (χ2v) is 5.12. The van der Waals surface area contributed by atoms with Crippen LogP contribution in [0.15, 0.2) is 12.1 Å². The number of hydrogen-bond acceptors (Lipinski definition) is 5. The van der Waals surface area contributed by atoms with Gasteiger partial charge in [-0.05, 0) is 6.07 Å². The van der Waals surface area contributed by atoms with Crippen LogP contribution in [0.4, 0.5) is 21.0 Å². The van der Waals surface area contributed by atoms with E-state index in [4.69, 9.17) is 11.6 Å². The van der Waals surface area contributed by atoms with Crippen molar-refractivity contribution in [2.45, 2.75) is 5.66 Å². The van der Waals surface area contributed by atoms with Crippen molar-refractivity contribution >= 4 is 40.9 Å². The van der Waals surface area contributed by atoms with Gasteiger partial charge in [0, 0.05) is 18.7 Å². The maximum absolute atomic E-state index is 12.2. The zero-order chi connectivity index (χ0) is 16.2. The Labute approximate surface area is 127 Å². The smallest absolute Gasteiger partial charge is 0.307 e. The number of fused-ring (bicyclic) bond motifs is 2. The molecular formula is C11H8ClN5O5. The van der Waals surface area contributed by atoms with Gasteiger partial charge in [-0.25, -0.2) is 9.59 Å². The summed E-state index contributed by atoms with van der Waals surface area (Å²) in [6.45, 7) is 0. The first kappa shape index (κ1) is 14.1. The van der Waals surface area contributed by atoms with Gasteiger partial charge in [0.05, 0.1) is 10.6 Å². The lowest BCUT2D eigenvalue weighted by atomic mass is 9.93. The molecular weight excluding hydrogens is 318 g/mol. The lowest BCUT2D eigenvalue weighted by Gasteiger charge is -2.40. The molecule has 5 amide bonds. The molecule has 1 aromatic rings. The predicted octanol–water partition coefficient (Wildman–Crippen LogP) is 0.718. The summed E-state index contributed by atoms with van der Waals surface area (Å²) in [6.07, 6.45) is 0. The summed E-state index contributed by atoms with van der Waals surface area (Å²) in [4.78, 5) is 47.0. The van der Waals surface area contributed by atoms with Crippen molar-refractivity contribution < 1.29 is 19.3 Å². The Morgan fingerprint density at radius 2 is 1.95 bits per heavy atom. The number of carbonyl (C=O) groups is 3. The Morgan fingerprint density at radius 1 is 1.27 bits per heavy atom. The molecule has 2 aliphatic rings. The standard InChI is InChI=1S/C11H8ClN5O5/c1-16-10(20)13-6-3-5(12)7(17(21)22)2-4(6)11(16)8(18)14-9(19)15-11/h2-3H,1H3,(H,13,20)(H2,14,15,18,19). The summed E-state index contributed by atoms with van der Waals surface area (Å²) in [5.41, 5.74) is -2.15. The Morgan fingerprint density at radius 3 is 2.50 bits per heavy atom. The van der Waals surface area contributed by atoms with Crippen molar-refractivity contribution in [3.05, 3.63) is 32.8 Å². The number of hydrogen-bond donors (Lipinski definition) is 3. The number of halogens is 1. The molecule has 1 fully saturated rings. The summed E-state index contributed by atoms with van der Waals surface area (Å²) in [6, 6.07) is 0.739. The van der Waals surface area contributed by atoms with Gasteiger partial charge in [0.1, 0.15) is 5.02 Å². The minimum absolute atomic E-state index is 0.0500. The van der Waals surface area contributed by atoms with Crippen LogP contribution in [0.2, 0.25) is 5.02 Å². The first-order chi connectivity index (χ1) is 10.3. The number of likely N-dealkylation sites (N-methyl/N-ethyl adjacent to an activating group) is 1. The maximum Gasteiger partial charge on any atom is 0.324 e. The third-order valence-electron chi connectivity index (χ3n) is 3.57. The third kappa shape index (κ3) is 1.64. The molecule has 10 nitrogen and oxygen atoms in total. The number of carbonyl (C=O) groups excluding carboxylic acids is 3. The quantitative estimate of drug-likeness (QED) is 0.397. The van der Waals surface area contributed by atoms with Crippen molar-refractivity contribution in [3.8, 4) is 0 Å². The highest BCUT2D eigenvalue weighted by molar-refractivity contribution is 6.33. The highest BCUT2D eigenvalue weighted by atomic mass is 35.5. The van der Waals surface area contributed by atoms with Crippen molar-refractivity contribution in [1.29, 1.82) is 0 Å². The van der Waals surface area contributed by atoms with E-state index in [1.165, 1.54) is 13.1 Å². The molecule has 0 saturated carbocycles. The largest absolute Gasteiger partial charge is 0.324 e. The SMILES string of the molecule is CN1C(=O)Nc2cc(Cl)c([N+](=O)[O-])cc2C12NC(=O)NC2=O. The number of nitrogens with zero attached hydrogens (tertiary/aromatic N) is 2. The monoisotopic (exact) mass is 325 g/mol. The molecule has 1 saturated heterocycles. The highest BCUT2D eigenvalue weighted by Crippen LogP contribution is 2.42. The molecule has 114 valence electrons. The van der Waals surface area contributed by atoms with Gasteiger partial charge in [0.25, 0.3) is 11.6 Å². The van der Waals surface area contributed by atoms with Crippen LogP contribution in [-0.4, -0.2) is 34.8 Å². The van der Waals surface area contributed by atoms with E-state index >= 15 is 0 Å². The molecule has 11 heteroatoms. The van der Waals surface area contributed by atoms with Gasteiger partial charge in [0.15, 0.2) is 0 Å². The fourth-order valence-electron chi connectivity index (χ4n) is 2.51. The fraction of sp³-hybridized carbons (Fsp3) is 0.182. The topological polar surface area (TPSA) is 134 Å². The second kappa shape index (κ2) is 4.31. The van der Waals surface area contributed by atoms with Crippen molar-refractivity contribution in [2.24, 2.45) is 0 Å². The van der Waals surface area contributed by atoms with Crippen LogP contribution in [0, 0.1) is 10.1 Å². The van der Waals surface area contributed by atoms with Gasteiger partial charge in [-0.3, -0.25) is 25.1 Å². The number of nitrogens with one attached hydrogen (secondary N) is 3. The average Bonchev–Trinajstić information content (AvgIpc) is 2.71. The molecule has 0 aromatic heterocycles. The summed E-state index contributed by atoms with van der Waals surface area (Å²) in [7, 11) is 1.28. The van der Waals surface area contributed by atoms with Crippen LogP contribution in [0.3, 0.4) is 0 Å². The molecule has 2 heterocycles. The zero-order valence-electron chi connectivity index (χ0n) is 11.0. The van der Waals surface area contributed by atoms with Gasteiger partial charge < -0.3 is 10.6 Å². The lowest BCUT2D eigenvalue weighted by Crippen LogP contribution is -2.62. The first-order valence-electron chi connectivity index (χ1n) is 5.94. The maximum atomic E-state index is 12.2. The van der Waals surface area contributed by atoms with Gasteiger partial charge in [0.2, 0.25) is 5.66 Å². The Balaban J connectivity index is 2.32. The molecule has 22 heavy (non-hydrogen) atoms. The third-order valence-corrected chi connectivity index (χ3v) is 3.88. The number of nitro benzene ring substituents is 1. The van der Waals surface area contributed by atoms with Crippen LogP contribution in [0.5, 0.6) is 0 Å². The van der Waals surface area contributed by atoms with Crippen LogP contribution < -0.4 is 16.0 Å². The van der Waals surface area contributed by atoms with E-state index in [2.05, 4.69) is 10.6 Å². The molecule has 1 aromatic carbocycles. The number of benzene rings is 1. The molecule has 3 N–H and O–H groups in total. The first-order valence-corrected chi connectivity index (χ1v) is 6.32. The molecule has 1 atom stereocenters. The molecule has 2 aliphatic heterocycles. The Bertz CT molecular complexity index is 765. The molecule has 0 radical (unpaired) electrons. The Kier molecular flexibility index (Phi) is 2.75. The number of nitro groups is 1. The van der Waals surface area contributed by atoms with Crippen LogP contribution >= 0.6 is 11.6 Å². The number of anilines is 1. The van der Waals surface area contributed by atoms with Gasteiger partial charge in [-0.15, -0.1) is 0 Å². The zero-order valence-corrected chi connectivity index (χ0v) is 11.7. The molecule has 0 bridgehead atoms. The molecule has 1 spiro atoms. The summed E-state index contributed by atoms with van der Waals surface area (Å²) in [5.74, 6) is -0.812. The fourth-order valence-corrected chi connectivity index (χ4v) is 2.74. The minimum Gasteiger partial charge on any atom is -0.307 e. The van der Waals surface area contributed by atoms with Crippen LogP contribution in [0.1, 0.15) is 5.56 Å². The van der Waals surface area contributed by atoms with E-state index in [1.54, 1.807) is 0 Å². The number of imide groups is 1. The lowest BCUT2D eigenvalue weighted by molar-refractivity contribution is -0.384. The number of amides is 5. The van der Waals surface area contributed by atoms with E-state index in [1.807, 2.05) is 5.32 Å². The van der Waals surface area contributed by atoms with E-state index in [0.717, 1.165) is 11.0 Å². The van der Waals surface area contributed by atoms with E-state index in [0.29, 0.717) is 0 Å². The molecule has 1 unspecified atom stereocenters. The number of urea groups is 2. The highest BCUT2D eigenvalue weighted by Gasteiger charge is 2.56. The van der Waals surface area contributed by atoms with E-state index < -0.39 is 34.2 Å². The predicted molar refractivity (Wildman–Crippen MR) is 73.2 cm³/mol. The van der Waals surface area contributed by atoms with Gasteiger partial charge >= 0.3 is 12.1 Å². The van der Waals surface area contributed by atoms with E-state index in [9.17, 15) is 24.5 Å². The van der Waals surface area contributed by atoms with Gasteiger partial charge in [-0.1, -0.05) is 11.6 Å². The Hall–Kier alpha value is -2.88. The second-order valence-electron chi connectivity index (χ2n) is 4.71. The normalized spacial score (nSPS) is 23.0. The van der Waals surface area contributed by atoms with Crippen LogP contribution in [-0.2, 0) is 10.5 Å². The van der Waals surface area contributed by atoms with Crippen molar-refractivity contribution in [1.82, 2.24) is 15.5 Å².